The molecule has 0 aromatic heterocycles. The first-order valence-corrected chi connectivity index (χ1v) is 13.3. The summed E-state index contributed by atoms with van der Waals surface area (Å²) < 4.78 is 24.7. The van der Waals surface area contributed by atoms with Crippen molar-refractivity contribution in [2.75, 3.05) is 37.7 Å². The van der Waals surface area contributed by atoms with Gasteiger partial charge in [0.25, 0.3) is 0 Å². The SMILES string of the molecule is O=C(NC1CS(=O)(=O)CC1N1CCCCC1)C1CCCN(C(=O)Cc2ccccc2)C1. The molecule has 3 saturated heterocycles. The van der Waals surface area contributed by atoms with Crippen LogP contribution in [0.5, 0.6) is 0 Å². The second kappa shape index (κ2) is 9.69. The Morgan fingerprint density at radius 2 is 1.71 bits per heavy atom. The predicted octanol–water partition coefficient (Wildman–Crippen LogP) is 1.24. The van der Waals surface area contributed by atoms with Gasteiger partial charge in [-0.25, -0.2) is 8.42 Å². The molecule has 3 atom stereocenters. The number of benzene rings is 1. The highest BCUT2D eigenvalue weighted by Crippen LogP contribution is 2.24. The quantitative estimate of drug-likeness (QED) is 0.734. The fraction of sp³-hybridized carbons (Fsp3) is 0.652. The second-order valence-electron chi connectivity index (χ2n) is 9.20. The summed E-state index contributed by atoms with van der Waals surface area (Å²) in [5, 5.41) is 3.06. The van der Waals surface area contributed by atoms with Crippen LogP contribution in [-0.2, 0) is 25.8 Å². The first-order chi connectivity index (χ1) is 14.9. The van der Waals surface area contributed by atoms with E-state index < -0.39 is 9.84 Å². The number of carbonyl (C=O) groups is 2. The number of hydrogen-bond acceptors (Lipinski definition) is 5. The molecule has 1 aromatic carbocycles. The Balaban J connectivity index is 1.36. The highest BCUT2D eigenvalue weighted by molar-refractivity contribution is 7.91. The molecule has 1 N–H and O–H groups in total. The van der Waals surface area contributed by atoms with E-state index in [-0.39, 0.29) is 41.3 Å². The van der Waals surface area contributed by atoms with Gasteiger partial charge in [0.15, 0.2) is 9.84 Å². The minimum atomic E-state index is -3.15. The summed E-state index contributed by atoms with van der Waals surface area (Å²) in [5.41, 5.74) is 0.972. The number of piperidine rings is 2. The van der Waals surface area contributed by atoms with Gasteiger partial charge in [-0.2, -0.15) is 0 Å². The van der Waals surface area contributed by atoms with Crippen molar-refractivity contribution in [2.45, 2.75) is 50.6 Å². The third kappa shape index (κ3) is 5.66. The van der Waals surface area contributed by atoms with Crippen LogP contribution < -0.4 is 5.32 Å². The van der Waals surface area contributed by atoms with Crippen molar-refractivity contribution in [3.05, 3.63) is 35.9 Å². The number of amides is 2. The van der Waals surface area contributed by atoms with Crippen molar-refractivity contribution < 1.29 is 18.0 Å². The predicted molar refractivity (Wildman–Crippen MR) is 119 cm³/mol. The molecule has 8 heteroatoms. The molecule has 3 aliphatic heterocycles. The van der Waals surface area contributed by atoms with Crippen LogP contribution in [0, 0.1) is 5.92 Å². The second-order valence-corrected chi connectivity index (χ2v) is 11.4. The van der Waals surface area contributed by atoms with Crippen molar-refractivity contribution in [3.63, 3.8) is 0 Å². The number of carbonyl (C=O) groups excluding carboxylic acids is 2. The van der Waals surface area contributed by atoms with Crippen molar-refractivity contribution in [3.8, 4) is 0 Å². The zero-order valence-corrected chi connectivity index (χ0v) is 18.9. The van der Waals surface area contributed by atoms with E-state index in [4.69, 9.17) is 0 Å². The number of sulfone groups is 1. The van der Waals surface area contributed by atoms with Crippen molar-refractivity contribution in [2.24, 2.45) is 5.92 Å². The Kier molecular flexibility index (Phi) is 6.96. The van der Waals surface area contributed by atoms with Gasteiger partial charge < -0.3 is 10.2 Å². The summed E-state index contributed by atoms with van der Waals surface area (Å²) in [6.07, 6.45) is 5.21. The molecule has 7 nitrogen and oxygen atoms in total. The van der Waals surface area contributed by atoms with E-state index in [9.17, 15) is 18.0 Å². The summed E-state index contributed by atoms with van der Waals surface area (Å²) in [4.78, 5) is 29.8. The summed E-state index contributed by atoms with van der Waals surface area (Å²) in [6.45, 7) is 2.88. The normalized spacial score (nSPS) is 28.9. The molecule has 3 fully saturated rings. The molecule has 3 aliphatic rings. The van der Waals surface area contributed by atoms with E-state index in [1.807, 2.05) is 30.3 Å². The number of likely N-dealkylation sites (tertiary alicyclic amines) is 2. The van der Waals surface area contributed by atoms with Crippen molar-refractivity contribution >= 4 is 21.7 Å². The fourth-order valence-electron chi connectivity index (χ4n) is 5.18. The van der Waals surface area contributed by atoms with Crippen LogP contribution in [0.15, 0.2) is 30.3 Å². The monoisotopic (exact) mass is 447 g/mol. The smallest absolute Gasteiger partial charge is 0.227 e. The molecular formula is C23H33N3O4S. The van der Waals surface area contributed by atoms with E-state index in [0.717, 1.165) is 44.3 Å². The molecule has 170 valence electrons. The van der Waals surface area contributed by atoms with Gasteiger partial charge in [0.05, 0.1) is 29.9 Å². The first-order valence-electron chi connectivity index (χ1n) is 11.5. The largest absolute Gasteiger partial charge is 0.350 e. The molecule has 3 unspecified atom stereocenters. The summed E-state index contributed by atoms with van der Waals surface area (Å²) in [7, 11) is -3.15. The van der Waals surface area contributed by atoms with Crippen LogP contribution in [0.1, 0.15) is 37.7 Å². The molecule has 31 heavy (non-hydrogen) atoms. The standard InChI is InChI=1S/C23H33N3O4S/c27-22(14-18-8-3-1-4-9-18)26-13-7-10-19(15-26)23(28)24-20-16-31(29,30)17-21(20)25-11-5-2-6-12-25/h1,3-4,8-9,19-21H,2,5-7,10-17H2,(H,24,28). The minimum absolute atomic E-state index is 0.0171. The first kappa shape index (κ1) is 22.3. The van der Waals surface area contributed by atoms with E-state index in [1.54, 1.807) is 4.90 Å². The maximum atomic E-state index is 13.1. The van der Waals surface area contributed by atoms with Crippen molar-refractivity contribution in [1.29, 1.82) is 0 Å². The summed E-state index contributed by atoms with van der Waals surface area (Å²) >= 11 is 0. The van der Waals surface area contributed by atoms with Crippen LogP contribution in [0.4, 0.5) is 0 Å². The Bertz CT molecular complexity index is 883. The van der Waals surface area contributed by atoms with Crippen LogP contribution in [0.2, 0.25) is 0 Å². The van der Waals surface area contributed by atoms with E-state index in [0.29, 0.717) is 19.5 Å². The van der Waals surface area contributed by atoms with Crippen LogP contribution in [0.25, 0.3) is 0 Å². The Labute approximate surface area is 185 Å². The Morgan fingerprint density at radius 3 is 2.45 bits per heavy atom. The lowest BCUT2D eigenvalue weighted by Gasteiger charge is -2.36. The van der Waals surface area contributed by atoms with E-state index >= 15 is 0 Å². The molecule has 0 bridgehead atoms. The highest BCUT2D eigenvalue weighted by Gasteiger charge is 2.42. The number of nitrogens with one attached hydrogen (secondary N) is 1. The highest BCUT2D eigenvalue weighted by atomic mass is 32.2. The Morgan fingerprint density at radius 1 is 0.968 bits per heavy atom. The molecule has 0 radical (unpaired) electrons. The molecule has 2 amide bonds. The molecular weight excluding hydrogens is 414 g/mol. The number of hydrogen-bond donors (Lipinski definition) is 1. The van der Waals surface area contributed by atoms with Gasteiger partial charge >= 0.3 is 0 Å². The minimum Gasteiger partial charge on any atom is -0.350 e. The third-order valence-corrected chi connectivity index (χ3v) is 8.57. The van der Waals surface area contributed by atoms with Gasteiger partial charge in [-0.05, 0) is 44.3 Å². The lowest BCUT2D eigenvalue weighted by atomic mass is 9.95. The topological polar surface area (TPSA) is 86.8 Å². The maximum absolute atomic E-state index is 13.1. The van der Waals surface area contributed by atoms with E-state index in [1.165, 1.54) is 6.42 Å². The van der Waals surface area contributed by atoms with Gasteiger partial charge in [0, 0.05) is 19.1 Å². The lowest BCUT2D eigenvalue weighted by molar-refractivity contribution is -0.135. The van der Waals surface area contributed by atoms with Gasteiger partial charge in [-0.15, -0.1) is 0 Å². The molecule has 4 rings (SSSR count). The fourth-order valence-corrected chi connectivity index (χ4v) is 7.13. The third-order valence-electron chi connectivity index (χ3n) is 6.85. The van der Waals surface area contributed by atoms with E-state index in [2.05, 4.69) is 10.2 Å². The average molecular weight is 448 g/mol. The Hall–Kier alpha value is -1.93. The van der Waals surface area contributed by atoms with Gasteiger partial charge in [-0.1, -0.05) is 36.8 Å². The molecule has 1 aromatic rings. The number of rotatable bonds is 5. The zero-order valence-electron chi connectivity index (χ0n) is 18.0. The van der Waals surface area contributed by atoms with Gasteiger partial charge in [-0.3, -0.25) is 14.5 Å². The van der Waals surface area contributed by atoms with Crippen LogP contribution in [-0.4, -0.2) is 79.8 Å². The average Bonchev–Trinajstić information content (AvgIpc) is 3.09. The number of nitrogens with zero attached hydrogens (tertiary/aromatic N) is 2. The van der Waals surface area contributed by atoms with Gasteiger partial charge in [0.1, 0.15) is 0 Å². The van der Waals surface area contributed by atoms with Crippen LogP contribution >= 0.6 is 0 Å². The molecule has 3 heterocycles. The van der Waals surface area contributed by atoms with Crippen molar-refractivity contribution in [1.82, 2.24) is 15.1 Å². The maximum Gasteiger partial charge on any atom is 0.227 e. The van der Waals surface area contributed by atoms with Gasteiger partial charge in [0.2, 0.25) is 11.8 Å². The molecule has 0 saturated carbocycles. The summed E-state index contributed by atoms with van der Waals surface area (Å²) in [6, 6.07) is 9.16. The lowest BCUT2D eigenvalue weighted by Crippen LogP contribution is -2.55. The summed E-state index contributed by atoms with van der Waals surface area (Å²) in [5.74, 6) is -0.202. The van der Waals surface area contributed by atoms with Crippen LogP contribution in [0.3, 0.4) is 0 Å². The molecule has 0 aliphatic carbocycles. The zero-order chi connectivity index (χ0) is 21.8. The molecule has 0 spiro atoms.